The van der Waals surface area contributed by atoms with Crippen molar-refractivity contribution in [1.82, 2.24) is 0 Å². The molecule has 2 aromatic carbocycles. The Morgan fingerprint density at radius 2 is 0.818 bits per heavy atom. The largest absolute Gasteiger partial charge is 0.0751 e. The Bertz CT molecular complexity index is 537. The van der Waals surface area contributed by atoms with E-state index >= 15 is 0 Å². The van der Waals surface area contributed by atoms with Gasteiger partial charge in [0.05, 0.1) is 15.2 Å². The van der Waals surface area contributed by atoms with Crippen LogP contribution in [0.25, 0.3) is 0 Å². The lowest BCUT2D eigenvalue weighted by Gasteiger charge is -2.40. The van der Waals surface area contributed by atoms with Crippen molar-refractivity contribution in [1.29, 1.82) is 0 Å². The molecule has 0 saturated carbocycles. The molecule has 0 aromatic heterocycles. The number of hydrogen-bond donors (Lipinski definition) is 0. The number of rotatable bonds is 5. The van der Waals surface area contributed by atoms with Gasteiger partial charge in [-0.15, -0.1) is 0 Å². The lowest BCUT2D eigenvalue weighted by molar-refractivity contribution is 1.72. The van der Waals surface area contributed by atoms with Gasteiger partial charge in [-0.3, -0.25) is 0 Å². The zero-order valence-corrected chi connectivity index (χ0v) is 18.8. The highest BCUT2D eigenvalue weighted by atomic mass is 29.8. The topological polar surface area (TPSA) is 0 Å². The molecule has 2 rings (SSSR count). The second kappa shape index (κ2) is 6.82. The van der Waals surface area contributed by atoms with E-state index in [0.29, 0.717) is 0 Å². The van der Waals surface area contributed by atoms with Crippen LogP contribution < -0.4 is 10.4 Å². The van der Waals surface area contributed by atoms with E-state index in [2.05, 4.69) is 99.9 Å². The van der Waals surface area contributed by atoms with Gasteiger partial charge in [0.1, 0.15) is 0 Å². The molecule has 116 valence electrons. The van der Waals surface area contributed by atoms with Gasteiger partial charge in [0.2, 0.25) is 0 Å². The Kier molecular flexibility index (Phi) is 5.48. The average Bonchev–Trinajstić information content (AvgIpc) is 2.55. The van der Waals surface area contributed by atoms with E-state index in [1.165, 1.54) is 0 Å². The van der Waals surface area contributed by atoms with Crippen LogP contribution in [0.5, 0.6) is 0 Å². The van der Waals surface area contributed by atoms with E-state index in [9.17, 15) is 0 Å². The van der Waals surface area contributed by atoms with Crippen LogP contribution in [0.1, 0.15) is 0 Å². The van der Waals surface area contributed by atoms with Crippen LogP contribution in [0.3, 0.4) is 0 Å². The maximum atomic E-state index is 2.65. The van der Waals surface area contributed by atoms with E-state index in [0.717, 1.165) is 0 Å². The van der Waals surface area contributed by atoms with Crippen molar-refractivity contribution in [3.8, 4) is 0 Å². The molecular weight excluding hydrogens is 329 g/mol. The molecule has 0 aliphatic carbocycles. The molecule has 0 aliphatic rings. The van der Waals surface area contributed by atoms with E-state index in [1.807, 2.05) is 0 Å². The van der Waals surface area contributed by atoms with E-state index in [1.54, 1.807) is 10.4 Å². The van der Waals surface area contributed by atoms with Crippen LogP contribution in [0.2, 0.25) is 39.3 Å². The van der Waals surface area contributed by atoms with Gasteiger partial charge in [-0.2, -0.15) is 0 Å². The summed E-state index contributed by atoms with van der Waals surface area (Å²) in [4.78, 5) is 0. The summed E-state index contributed by atoms with van der Waals surface area (Å²) in [6.45, 7) is 15.7. The third-order valence-electron chi connectivity index (χ3n) is 5.43. The van der Waals surface area contributed by atoms with E-state index < -0.39 is 15.2 Å². The minimum absolute atomic E-state index is 0.297. The minimum Gasteiger partial charge on any atom is -0.0751 e. The summed E-state index contributed by atoms with van der Waals surface area (Å²) in [5.74, 6) is 0. The number of benzene rings is 2. The average molecular weight is 357 g/mol. The van der Waals surface area contributed by atoms with Crippen LogP contribution in [0, 0.1) is 0 Å². The second-order valence-corrected chi connectivity index (χ2v) is 36.9. The summed E-state index contributed by atoms with van der Waals surface area (Å²) in [6.07, 6.45) is 0. The van der Waals surface area contributed by atoms with Crippen LogP contribution in [-0.2, 0) is 0 Å². The maximum absolute atomic E-state index is 2.65. The molecule has 0 spiro atoms. The van der Waals surface area contributed by atoms with Crippen LogP contribution in [0.15, 0.2) is 60.7 Å². The van der Waals surface area contributed by atoms with Crippen LogP contribution in [0.4, 0.5) is 0 Å². The molecule has 0 aliphatic heterocycles. The zero-order valence-electron chi connectivity index (χ0n) is 14.8. The van der Waals surface area contributed by atoms with Gasteiger partial charge in [0.15, 0.2) is 0 Å². The fourth-order valence-corrected chi connectivity index (χ4v) is 53.4. The first-order valence-electron chi connectivity index (χ1n) is 8.07. The van der Waals surface area contributed by atoms with Crippen molar-refractivity contribution in [2.45, 2.75) is 39.3 Å². The monoisotopic (exact) mass is 356 g/mol. The molecule has 0 bridgehead atoms. The summed E-state index contributed by atoms with van der Waals surface area (Å²) < 4.78 is 0. The summed E-state index contributed by atoms with van der Waals surface area (Å²) in [5.41, 5.74) is 0. The standard InChI is InChI=1S/C18H28Si4/c1-19(21(3,4)17-13-9-7-10-14-17)20(2)22(5,6)18-15-11-8-12-16-18/h7-16H,1-6H3. The molecule has 2 radical (unpaired) electrons. The number of hydrogen-bond acceptors (Lipinski definition) is 0. The van der Waals surface area contributed by atoms with Crippen LogP contribution >= 0.6 is 0 Å². The van der Waals surface area contributed by atoms with Crippen molar-refractivity contribution in [3.05, 3.63) is 60.7 Å². The van der Waals surface area contributed by atoms with Gasteiger partial charge in [0.25, 0.3) is 0 Å². The Labute approximate surface area is 141 Å². The first-order chi connectivity index (χ1) is 10.3. The van der Waals surface area contributed by atoms with E-state index in [4.69, 9.17) is 0 Å². The quantitative estimate of drug-likeness (QED) is 0.717. The molecule has 0 amide bonds. The van der Waals surface area contributed by atoms with Crippen molar-refractivity contribution < 1.29 is 0 Å². The highest BCUT2D eigenvalue weighted by Gasteiger charge is 2.43. The van der Waals surface area contributed by atoms with Gasteiger partial charge < -0.3 is 0 Å². The zero-order chi connectivity index (χ0) is 16.4. The summed E-state index contributed by atoms with van der Waals surface area (Å²) >= 11 is 0. The molecule has 22 heavy (non-hydrogen) atoms. The Morgan fingerprint density at radius 1 is 0.545 bits per heavy atom. The van der Waals surface area contributed by atoms with Gasteiger partial charge >= 0.3 is 0 Å². The third kappa shape index (κ3) is 3.45. The van der Waals surface area contributed by atoms with Gasteiger partial charge in [0, 0.05) is 15.7 Å². The molecule has 2 aromatic rings. The Hall–Kier alpha value is -0.692. The normalized spacial score (nSPS) is 12.9. The molecule has 4 heteroatoms. The summed E-state index contributed by atoms with van der Waals surface area (Å²) in [7, 11) is -3.21. The molecule has 0 heterocycles. The predicted octanol–water partition coefficient (Wildman–Crippen LogP) is 3.70. The predicted molar refractivity (Wildman–Crippen MR) is 110 cm³/mol. The fourth-order valence-electron chi connectivity index (χ4n) is 3.08. The summed E-state index contributed by atoms with van der Waals surface area (Å²) in [6, 6.07) is 22.7. The smallest absolute Gasteiger partial charge is 0.0682 e. The van der Waals surface area contributed by atoms with Crippen molar-refractivity contribution in [2.24, 2.45) is 0 Å². The van der Waals surface area contributed by atoms with Gasteiger partial charge in [-0.25, -0.2) is 0 Å². The van der Waals surface area contributed by atoms with Gasteiger partial charge in [-0.05, 0) is 0 Å². The first-order valence-corrected chi connectivity index (χ1v) is 21.1. The van der Waals surface area contributed by atoms with Gasteiger partial charge in [-0.1, -0.05) is 110 Å². The van der Waals surface area contributed by atoms with E-state index in [-0.39, 0.29) is 15.7 Å². The molecule has 0 saturated heterocycles. The Balaban J connectivity index is 2.30. The second-order valence-electron chi connectivity index (χ2n) is 7.23. The fraction of sp³-hybridized carbons (Fsp3) is 0.333. The van der Waals surface area contributed by atoms with Crippen molar-refractivity contribution in [3.63, 3.8) is 0 Å². The first kappa shape index (κ1) is 17.7. The molecule has 0 atom stereocenters. The molecule has 0 fully saturated rings. The lowest BCUT2D eigenvalue weighted by Crippen LogP contribution is -2.70. The Morgan fingerprint density at radius 3 is 1.09 bits per heavy atom. The summed E-state index contributed by atoms with van der Waals surface area (Å²) in [5, 5.41) is 3.32. The third-order valence-corrected chi connectivity index (χ3v) is 50.5. The van der Waals surface area contributed by atoms with Crippen LogP contribution in [-0.4, -0.2) is 30.8 Å². The highest BCUT2D eigenvalue weighted by Crippen LogP contribution is 2.18. The lowest BCUT2D eigenvalue weighted by atomic mass is 10.4. The maximum Gasteiger partial charge on any atom is 0.0682 e. The SMILES string of the molecule is C[Si]([Si](C)[Si](C)(C)c1ccccc1)[Si](C)(C)c1ccccc1. The van der Waals surface area contributed by atoms with Crippen molar-refractivity contribution >= 4 is 41.2 Å². The minimum atomic E-state index is -1.31. The molecule has 0 unspecified atom stereocenters. The molecular formula is C18H28Si4. The highest BCUT2D eigenvalue weighted by molar-refractivity contribution is 7.74. The van der Waals surface area contributed by atoms with Crippen molar-refractivity contribution in [2.75, 3.05) is 0 Å². The molecule has 0 N–H and O–H groups in total. The molecule has 0 nitrogen and oxygen atoms in total.